The first-order valence-electron chi connectivity index (χ1n) is 6.69. The SMILES string of the molecule is Cc1ccc(CC(=O)N2CCC[C@@H](C)C2)c(N)c1. The van der Waals surface area contributed by atoms with Crippen molar-refractivity contribution in [2.24, 2.45) is 5.92 Å². The molecule has 1 aromatic rings. The smallest absolute Gasteiger partial charge is 0.227 e. The van der Waals surface area contributed by atoms with Crippen molar-refractivity contribution in [3.8, 4) is 0 Å². The van der Waals surface area contributed by atoms with E-state index in [1.54, 1.807) is 0 Å². The highest BCUT2D eigenvalue weighted by molar-refractivity contribution is 5.80. The van der Waals surface area contributed by atoms with Gasteiger partial charge in [0.25, 0.3) is 0 Å². The van der Waals surface area contributed by atoms with Gasteiger partial charge in [0.05, 0.1) is 6.42 Å². The summed E-state index contributed by atoms with van der Waals surface area (Å²) in [5.74, 6) is 0.829. The van der Waals surface area contributed by atoms with Gasteiger partial charge in [0.15, 0.2) is 0 Å². The molecule has 0 unspecified atom stereocenters. The highest BCUT2D eigenvalue weighted by Crippen LogP contribution is 2.19. The van der Waals surface area contributed by atoms with E-state index in [0.29, 0.717) is 12.3 Å². The standard InChI is InChI=1S/C15H22N2O/c1-11-5-6-13(14(16)8-11)9-15(18)17-7-3-4-12(2)10-17/h5-6,8,12H,3-4,7,9-10,16H2,1-2H3/t12-/m1/s1. The van der Waals surface area contributed by atoms with Crippen molar-refractivity contribution in [1.82, 2.24) is 4.90 Å². The summed E-state index contributed by atoms with van der Waals surface area (Å²) in [6.07, 6.45) is 2.78. The first-order valence-corrected chi connectivity index (χ1v) is 6.69. The third-order valence-electron chi connectivity index (χ3n) is 3.65. The second-order valence-corrected chi connectivity index (χ2v) is 5.47. The Kier molecular flexibility index (Phi) is 3.90. The van der Waals surface area contributed by atoms with Gasteiger partial charge in [-0.05, 0) is 42.9 Å². The van der Waals surface area contributed by atoms with E-state index in [2.05, 4.69) is 6.92 Å². The van der Waals surface area contributed by atoms with Crippen LogP contribution >= 0.6 is 0 Å². The number of amides is 1. The Morgan fingerprint density at radius 1 is 1.50 bits per heavy atom. The first kappa shape index (κ1) is 12.9. The van der Waals surface area contributed by atoms with E-state index in [4.69, 9.17) is 5.73 Å². The molecule has 0 spiro atoms. The Morgan fingerprint density at radius 2 is 2.28 bits per heavy atom. The number of carbonyl (C=O) groups is 1. The van der Waals surface area contributed by atoms with Crippen LogP contribution in [-0.2, 0) is 11.2 Å². The molecule has 3 heteroatoms. The third-order valence-corrected chi connectivity index (χ3v) is 3.65. The molecule has 1 saturated heterocycles. The number of likely N-dealkylation sites (tertiary alicyclic amines) is 1. The Bertz CT molecular complexity index is 442. The lowest BCUT2D eigenvalue weighted by Gasteiger charge is -2.31. The lowest BCUT2D eigenvalue weighted by Crippen LogP contribution is -2.40. The minimum Gasteiger partial charge on any atom is -0.398 e. The third kappa shape index (κ3) is 3.03. The first-order chi connectivity index (χ1) is 8.56. The highest BCUT2D eigenvalue weighted by atomic mass is 16.2. The Balaban J connectivity index is 2.02. The quantitative estimate of drug-likeness (QED) is 0.814. The van der Waals surface area contributed by atoms with Crippen molar-refractivity contribution in [2.75, 3.05) is 18.8 Å². The molecule has 1 amide bonds. The van der Waals surface area contributed by atoms with Crippen LogP contribution in [0.15, 0.2) is 18.2 Å². The maximum Gasteiger partial charge on any atom is 0.227 e. The largest absolute Gasteiger partial charge is 0.398 e. The minimum atomic E-state index is 0.206. The molecule has 1 atom stereocenters. The molecule has 0 aliphatic carbocycles. The van der Waals surface area contributed by atoms with E-state index >= 15 is 0 Å². The summed E-state index contributed by atoms with van der Waals surface area (Å²) in [6, 6.07) is 5.91. The molecule has 98 valence electrons. The summed E-state index contributed by atoms with van der Waals surface area (Å²) in [6.45, 7) is 6.01. The van der Waals surface area contributed by atoms with Gasteiger partial charge < -0.3 is 10.6 Å². The number of rotatable bonds is 2. The molecule has 1 aromatic carbocycles. The van der Waals surface area contributed by atoms with Crippen LogP contribution in [0.3, 0.4) is 0 Å². The molecule has 2 rings (SSSR count). The number of aryl methyl sites for hydroxylation is 1. The van der Waals surface area contributed by atoms with Crippen LogP contribution in [0.4, 0.5) is 5.69 Å². The summed E-state index contributed by atoms with van der Waals surface area (Å²) in [4.78, 5) is 14.2. The average Bonchev–Trinajstić information content (AvgIpc) is 2.32. The monoisotopic (exact) mass is 246 g/mol. The number of hydrogen-bond donors (Lipinski definition) is 1. The molecule has 2 N–H and O–H groups in total. The molecule has 0 radical (unpaired) electrons. The van der Waals surface area contributed by atoms with Crippen molar-refractivity contribution < 1.29 is 4.79 Å². The van der Waals surface area contributed by atoms with Gasteiger partial charge in [0.1, 0.15) is 0 Å². The number of anilines is 1. The number of piperidine rings is 1. The van der Waals surface area contributed by atoms with Gasteiger partial charge in [0, 0.05) is 18.8 Å². The summed E-state index contributed by atoms with van der Waals surface area (Å²) >= 11 is 0. The summed E-state index contributed by atoms with van der Waals surface area (Å²) in [5.41, 5.74) is 8.77. The molecule has 3 nitrogen and oxygen atoms in total. The number of benzene rings is 1. The van der Waals surface area contributed by atoms with Crippen molar-refractivity contribution >= 4 is 11.6 Å². The van der Waals surface area contributed by atoms with Gasteiger partial charge in [-0.3, -0.25) is 4.79 Å². The van der Waals surface area contributed by atoms with Crippen molar-refractivity contribution in [1.29, 1.82) is 0 Å². The molecule has 1 aliphatic heterocycles. The number of carbonyl (C=O) groups excluding carboxylic acids is 1. The fourth-order valence-electron chi connectivity index (χ4n) is 2.57. The zero-order valence-corrected chi connectivity index (χ0v) is 11.3. The van der Waals surface area contributed by atoms with Gasteiger partial charge in [-0.15, -0.1) is 0 Å². The van der Waals surface area contributed by atoms with Gasteiger partial charge in [0.2, 0.25) is 5.91 Å². The maximum absolute atomic E-state index is 12.2. The van der Waals surface area contributed by atoms with E-state index in [0.717, 1.165) is 36.3 Å². The van der Waals surface area contributed by atoms with Crippen molar-refractivity contribution in [3.63, 3.8) is 0 Å². The molecule has 0 bridgehead atoms. The Labute approximate surface area is 109 Å². The van der Waals surface area contributed by atoms with Gasteiger partial charge in [-0.2, -0.15) is 0 Å². The fraction of sp³-hybridized carbons (Fsp3) is 0.533. The lowest BCUT2D eigenvalue weighted by atomic mass is 9.99. The number of nitrogens with zero attached hydrogens (tertiary/aromatic N) is 1. The molecule has 1 heterocycles. The lowest BCUT2D eigenvalue weighted by molar-refractivity contribution is -0.132. The molecule has 0 saturated carbocycles. The molecule has 1 fully saturated rings. The van der Waals surface area contributed by atoms with Crippen LogP contribution < -0.4 is 5.73 Å². The number of nitrogen functional groups attached to an aromatic ring is 1. The number of hydrogen-bond acceptors (Lipinski definition) is 2. The van der Waals surface area contributed by atoms with E-state index in [1.807, 2.05) is 30.0 Å². The fourth-order valence-corrected chi connectivity index (χ4v) is 2.57. The molecule has 18 heavy (non-hydrogen) atoms. The molecule has 0 aromatic heterocycles. The van der Waals surface area contributed by atoms with E-state index in [-0.39, 0.29) is 5.91 Å². The van der Waals surface area contributed by atoms with Crippen molar-refractivity contribution in [2.45, 2.75) is 33.1 Å². The summed E-state index contributed by atoms with van der Waals surface area (Å²) < 4.78 is 0. The minimum absolute atomic E-state index is 0.206. The topological polar surface area (TPSA) is 46.3 Å². The maximum atomic E-state index is 12.2. The Morgan fingerprint density at radius 3 is 2.94 bits per heavy atom. The van der Waals surface area contributed by atoms with Crippen LogP contribution in [0.25, 0.3) is 0 Å². The predicted octanol–water partition coefficient (Wildman–Crippen LogP) is 2.38. The van der Waals surface area contributed by atoms with E-state index in [1.165, 1.54) is 6.42 Å². The summed E-state index contributed by atoms with van der Waals surface area (Å²) in [7, 11) is 0. The van der Waals surface area contributed by atoms with Crippen LogP contribution in [-0.4, -0.2) is 23.9 Å². The second-order valence-electron chi connectivity index (χ2n) is 5.47. The van der Waals surface area contributed by atoms with Gasteiger partial charge >= 0.3 is 0 Å². The van der Waals surface area contributed by atoms with E-state index in [9.17, 15) is 4.79 Å². The molecular formula is C15H22N2O. The van der Waals surface area contributed by atoms with Crippen molar-refractivity contribution in [3.05, 3.63) is 29.3 Å². The normalized spacial score (nSPS) is 19.9. The summed E-state index contributed by atoms with van der Waals surface area (Å²) in [5, 5.41) is 0. The second kappa shape index (κ2) is 5.42. The zero-order chi connectivity index (χ0) is 13.1. The molecular weight excluding hydrogens is 224 g/mol. The Hall–Kier alpha value is -1.51. The van der Waals surface area contributed by atoms with Crippen LogP contribution in [0.1, 0.15) is 30.9 Å². The highest BCUT2D eigenvalue weighted by Gasteiger charge is 2.21. The molecule has 1 aliphatic rings. The van der Waals surface area contributed by atoms with Crippen LogP contribution in [0.2, 0.25) is 0 Å². The van der Waals surface area contributed by atoms with Gasteiger partial charge in [-0.25, -0.2) is 0 Å². The van der Waals surface area contributed by atoms with Gasteiger partial charge in [-0.1, -0.05) is 19.1 Å². The van der Waals surface area contributed by atoms with E-state index < -0.39 is 0 Å². The van der Waals surface area contributed by atoms with Crippen LogP contribution in [0, 0.1) is 12.8 Å². The predicted molar refractivity (Wildman–Crippen MR) is 74.3 cm³/mol. The van der Waals surface area contributed by atoms with Crippen LogP contribution in [0.5, 0.6) is 0 Å². The number of nitrogens with two attached hydrogens (primary N) is 1. The average molecular weight is 246 g/mol. The zero-order valence-electron chi connectivity index (χ0n) is 11.3.